The highest BCUT2D eigenvalue weighted by molar-refractivity contribution is 5.99. The maximum Gasteiger partial charge on any atom is 0.336 e. The van der Waals surface area contributed by atoms with E-state index in [2.05, 4.69) is 59.8 Å². The maximum absolute atomic E-state index is 13.4. The van der Waals surface area contributed by atoms with Crippen molar-refractivity contribution in [1.82, 2.24) is 14.8 Å². The number of aromatic nitrogens is 1. The van der Waals surface area contributed by atoms with E-state index in [1.54, 1.807) is 12.1 Å². The SMILES string of the molecule is Cc1c(C)n(Cc2ccc(-c3ccccc3C(=O)O)cc2)c2ccc(C(=O)NC(C)C3CCN(COCc4ccccc4)C3)cc12. The van der Waals surface area contributed by atoms with Crippen molar-refractivity contribution in [2.75, 3.05) is 19.8 Å². The number of amides is 1. The van der Waals surface area contributed by atoms with Gasteiger partial charge in [0.05, 0.1) is 18.9 Å². The second-order valence-corrected chi connectivity index (χ2v) is 12.4. The summed E-state index contributed by atoms with van der Waals surface area (Å²) in [6.45, 7) is 10.1. The summed E-state index contributed by atoms with van der Waals surface area (Å²) >= 11 is 0. The van der Waals surface area contributed by atoms with Crippen LogP contribution in [0.5, 0.6) is 0 Å². The van der Waals surface area contributed by atoms with Gasteiger partial charge in [0.25, 0.3) is 5.91 Å². The van der Waals surface area contributed by atoms with Gasteiger partial charge < -0.3 is 19.7 Å². The Morgan fingerprint density at radius 3 is 2.43 bits per heavy atom. The second kappa shape index (κ2) is 13.7. The monoisotopic (exact) mass is 615 g/mol. The number of carboxylic acid groups (broad SMARTS) is 1. The van der Waals surface area contributed by atoms with Gasteiger partial charge in [-0.3, -0.25) is 9.69 Å². The molecule has 1 aliphatic rings. The molecule has 2 heterocycles. The number of aryl methyl sites for hydroxylation is 1. The quantitative estimate of drug-likeness (QED) is 0.163. The zero-order valence-corrected chi connectivity index (χ0v) is 26.7. The van der Waals surface area contributed by atoms with Crippen LogP contribution in [0, 0.1) is 19.8 Å². The van der Waals surface area contributed by atoms with Gasteiger partial charge in [-0.05, 0) is 85.2 Å². The van der Waals surface area contributed by atoms with E-state index in [0.717, 1.165) is 52.8 Å². The lowest BCUT2D eigenvalue weighted by atomic mass is 9.99. The number of fused-ring (bicyclic) bond motifs is 1. The number of nitrogens with zero attached hydrogens (tertiary/aromatic N) is 2. The molecule has 5 aromatic rings. The summed E-state index contributed by atoms with van der Waals surface area (Å²) in [4.78, 5) is 27.4. The van der Waals surface area contributed by atoms with E-state index in [0.29, 0.717) is 42.5 Å². The van der Waals surface area contributed by atoms with Crippen molar-refractivity contribution in [3.05, 3.63) is 131 Å². The summed E-state index contributed by atoms with van der Waals surface area (Å²) in [6.07, 6.45) is 1.03. The fraction of sp³-hybridized carbons (Fsp3) is 0.282. The van der Waals surface area contributed by atoms with Crippen molar-refractivity contribution in [2.45, 2.75) is 46.4 Å². The number of likely N-dealkylation sites (tertiary alicyclic amines) is 1. The number of benzene rings is 4. The van der Waals surface area contributed by atoms with Crippen LogP contribution in [0.2, 0.25) is 0 Å². The molecule has 1 saturated heterocycles. The zero-order valence-electron chi connectivity index (χ0n) is 26.7. The Morgan fingerprint density at radius 1 is 0.935 bits per heavy atom. The summed E-state index contributed by atoms with van der Waals surface area (Å²) < 4.78 is 8.22. The average Bonchev–Trinajstić information content (AvgIpc) is 3.64. The molecule has 0 spiro atoms. The molecule has 46 heavy (non-hydrogen) atoms. The van der Waals surface area contributed by atoms with E-state index in [1.807, 2.05) is 60.7 Å². The Morgan fingerprint density at radius 2 is 1.67 bits per heavy atom. The first-order chi connectivity index (χ1) is 22.3. The lowest BCUT2D eigenvalue weighted by Gasteiger charge is -2.22. The van der Waals surface area contributed by atoms with Crippen LogP contribution in [-0.4, -0.2) is 52.3 Å². The van der Waals surface area contributed by atoms with Gasteiger partial charge in [-0.25, -0.2) is 4.79 Å². The molecule has 0 bridgehead atoms. The molecule has 0 saturated carbocycles. The Kier molecular flexibility index (Phi) is 9.33. The average molecular weight is 616 g/mol. The predicted molar refractivity (Wildman–Crippen MR) is 182 cm³/mol. The third-order valence-corrected chi connectivity index (χ3v) is 9.42. The topological polar surface area (TPSA) is 83.8 Å². The van der Waals surface area contributed by atoms with Crippen molar-refractivity contribution >= 4 is 22.8 Å². The van der Waals surface area contributed by atoms with Gasteiger partial charge >= 0.3 is 5.97 Å². The van der Waals surface area contributed by atoms with Crippen LogP contribution < -0.4 is 5.32 Å². The minimum absolute atomic E-state index is 0.0461. The largest absolute Gasteiger partial charge is 0.478 e. The van der Waals surface area contributed by atoms with Crippen LogP contribution >= 0.6 is 0 Å². The van der Waals surface area contributed by atoms with E-state index < -0.39 is 5.97 Å². The maximum atomic E-state index is 13.4. The molecule has 4 aromatic carbocycles. The molecule has 1 aromatic heterocycles. The molecule has 2 atom stereocenters. The summed E-state index contributed by atoms with van der Waals surface area (Å²) in [5, 5.41) is 13.9. The lowest BCUT2D eigenvalue weighted by molar-refractivity contribution is 0.0286. The van der Waals surface area contributed by atoms with Gasteiger partial charge in [0, 0.05) is 47.8 Å². The third kappa shape index (κ3) is 6.76. The van der Waals surface area contributed by atoms with Gasteiger partial charge in [-0.15, -0.1) is 0 Å². The van der Waals surface area contributed by atoms with E-state index in [4.69, 9.17) is 4.74 Å². The van der Waals surface area contributed by atoms with Gasteiger partial charge in [-0.1, -0.05) is 72.8 Å². The van der Waals surface area contributed by atoms with Crippen LogP contribution in [-0.2, 0) is 17.9 Å². The van der Waals surface area contributed by atoms with E-state index in [9.17, 15) is 14.7 Å². The molecule has 236 valence electrons. The number of carboxylic acids is 1. The zero-order chi connectivity index (χ0) is 32.2. The van der Waals surface area contributed by atoms with Crippen LogP contribution in [0.3, 0.4) is 0 Å². The predicted octanol–water partition coefficient (Wildman–Crippen LogP) is 7.29. The molecular weight excluding hydrogens is 574 g/mol. The Hall–Kier alpha value is -4.72. The number of hydrogen-bond donors (Lipinski definition) is 2. The molecule has 2 unspecified atom stereocenters. The first kappa shape index (κ1) is 31.3. The third-order valence-electron chi connectivity index (χ3n) is 9.42. The minimum atomic E-state index is -0.933. The molecule has 1 amide bonds. The fourth-order valence-corrected chi connectivity index (χ4v) is 6.55. The van der Waals surface area contributed by atoms with Crippen molar-refractivity contribution in [2.24, 2.45) is 5.92 Å². The second-order valence-electron chi connectivity index (χ2n) is 12.4. The Balaban J connectivity index is 1.09. The van der Waals surface area contributed by atoms with Crippen molar-refractivity contribution < 1.29 is 19.4 Å². The van der Waals surface area contributed by atoms with Crippen LogP contribution in [0.4, 0.5) is 0 Å². The molecule has 1 fully saturated rings. The van der Waals surface area contributed by atoms with Crippen LogP contribution in [0.1, 0.15) is 56.4 Å². The molecule has 0 aliphatic carbocycles. The first-order valence-corrected chi connectivity index (χ1v) is 15.9. The molecule has 6 rings (SSSR count). The minimum Gasteiger partial charge on any atom is -0.478 e. The highest BCUT2D eigenvalue weighted by atomic mass is 16.5. The number of carbonyl (C=O) groups excluding carboxylic acids is 1. The van der Waals surface area contributed by atoms with Gasteiger partial charge in [-0.2, -0.15) is 0 Å². The Labute approximate surface area is 270 Å². The summed E-state index contributed by atoms with van der Waals surface area (Å²) in [7, 11) is 0. The number of ether oxygens (including phenoxy) is 1. The van der Waals surface area contributed by atoms with E-state index in [1.165, 1.54) is 5.56 Å². The van der Waals surface area contributed by atoms with E-state index in [-0.39, 0.29) is 11.9 Å². The number of hydrogen-bond acceptors (Lipinski definition) is 4. The number of carbonyl (C=O) groups is 2. The van der Waals surface area contributed by atoms with Crippen LogP contribution in [0.25, 0.3) is 22.0 Å². The standard InChI is InChI=1S/C39H41N3O4/c1-26-28(3)42(22-29-13-15-31(16-14-29)34-11-7-8-12-35(34)39(44)45)37-18-17-32(21-36(26)37)38(43)40-27(2)33-19-20-41(23-33)25-46-24-30-9-5-4-6-10-30/h4-18,21,27,33H,19-20,22-25H2,1-3H3,(H,40,43)(H,44,45). The summed E-state index contributed by atoms with van der Waals surface area (Å²) in [5.41, 5.74) is 8.23. The molecule has 7 nitrogen and oxygen atoms in total. The van der Waals surface area contributed by atoms with Crippen LogP contribution in [0.15, 0.2) is 97.1 Å². The fourth-order valence-electron chi connectivity index (χ4n) is 6.55. The van der Waals surface area contributed by atoms with Crippen molar-refractivity contribution in [3.8, 4) is 11.1 Å². The lowest BCUT2D eigenvalue weighted by Crippen LogP contribution is -2.39. The van der Waals surface area contributed by atoms with Gasteiger partial charge in [0.1, 0.15) is 0 Å². The summed E-state index contributed by atoms with van der Waals surface area (Å²) in [5.74, 6) is -0.602. The molecule has 7 heteroatoms. The highest BCUT2D eigenvalue weighted by Gasteiger charge is 2.28. The smallest absolute Gasteiger partial charge is 0.336 e. The number of nitrogens with one attached hydrogen (secondary N) is 1. The first-order valence-electron chi connectivity index (χ1n) is 15.9. The van der Waals surface area contributed by atoms with Crippen molar-refractivity contribution in [3.63, 3.8) is 0 Å². The van der Waals surface area contributed by atoms with E-state index >= 15 is 0 Å². The highest BCUT2D eigenvalue weighted by Crippen LogP contribution is 2.29. The van der Waals surface area contributed by atoms with Crippen molar-refractivity contribution in [1.29, 1.82) is 0 Å². The summed E-state index contributed by atoms with van der Waals surface area (Å²) in [6, 6.07) is 31.4. The molecule has 2 N–H and O–H groups in total. The number of rotatable bonds is 11. The molecule has 1 aliphatic heterocycles. The Bertz CT molecular complexity index is 1850. The van der Waals surface area contributed by atoms with Gasteiger partial charge in [0.15, 0.2) is 0 Å². The normalized spacial score (nSPS) is 15.7. The molecular formula is C39H41N3O4. The number of aromatic carboxylic acids is 1. The van der Waals surface area contributed by atoms with Gasteiger partial charge in [0.2, 0.25) is 0 Å². The molecule has 0 radical (unpaired) electrons.